The van der Waals surface area contributed by atoms with Crippen molar-refractivity contribution in [3.63, 3.8) is 0 Å². The van der Waals surface area contributed by atoms with Crippen LogP contribution in [-0.4, -0.2) is 49.4 Å². The molecule has 1 aliphatic carbocycles. The van der Waals surface area contributed by atoms with Crippen molar-refractivity contribution in [2.45, 2.75) is 18.6 Å². The van der Waals surface area contributed by atoms with E-state index >= 15 is 0 Å². The molecule has 0 radical (unpaired) electrons. The topological polar surface area (TPSA) is 67.9 Å². The SMILES string of the molecule is COC(=O)NC[C@H]1CN(C2C=CC(Br)=C(F)C2)C(=O)O1. The molecule has 8 heteroatoms. The van der Waals surface area contributed by atoms with Gasteiger partial charge in [0, 0.05) is 10.9 Å². The molecule has 2 aliphatic rings. The zero-order valence-electron chi connectivity index (χ0n) is 10.8. The Labute approximate surface area is 123 Å². The summed E-state index contributed by atoms with van der Waals surface area (Å²) in [6.45, 7) is 0.454. The van der Waals surface area contributed by atoms with E-state index < -0.39 is 18.3 Å². The number of hydrogen-bond acceptors (Lipinski definition) is 4. The van der Waals surface area contributed by atoms with Gasteiger partial charge in [0.05, 0.1) is 26.2 Å². The van der Waals surface area contributed by atoms with E-state index in [-0.39, 0.29) is 24.8 Å². The number of amides is 2. The summed E-state index contributed by atoms with van der Waals surface area (Å²) < 4.78 is 23.5. The number of halogens is 2. The number of hydrogen-bond donors (Lipinski definition) is 1. The van der Waals surface area contributed by atoms with E-state index in [4.69, 9.17) is 4.74 Å². The third kappa shape index (κ3) is 3.30. The predicted octanol–water partition coefficient (Wildman–Crippen LogP) is 2.07. The fraction of sp³-hybridized carbons (Fsp3) is 0.500. The molecule has 0 aromatic carbocycles. The summed E-state index contributed by atoms with van der Waals surface area (Å²) in [5.41, 5.74) is 0. The van der Waals surface area contributed by atoms with Gasteiger partial charge in [0.2, 0.25) is 0 Å². The summed E-state index contributed by atoms with van der Waals surface area (Å²) >= 11 is 3.09. The van der Waals surface area contributed by atoms with E-state index in [1.54, 1.807) is 12.2 Å². The van der Waals surface area contributed by atoms with Gasteiger partial charge in [-0.15, -0.1) is 0 Å². The fourth-order valence-electron chi connectivity index (χ4n) is 2.04. The Morgan fingerprint density at radius 2 is 2.45 bits per heavy atom. The van der Waals surface area contributed by atoms with Crippen molar-refractivity contribution in [3.05, 3.63) is 22.5 Å². The monoisotopic (exact) mass is 348 g/mol. The van der Waals surface area contributed by atoms with Crippen molar-refractivity contribution in [2.24, 2.45) is 0 Å². The maximum absolute atomic E-state index is 13.5. The molecule has 0 aromatic heterocycles. The highest BCUT2D eigenvalue weighted by molar-refractivity contribution is 9.11. The van der Waals surface area contributed by atoms with Gasteiger partial charge in [-0.05, 0) is 22.0 Å². The van der Waals surface area contributed by atoms with E-state index in [1.165, 1.54) is 12.0 Å². The minimum Gasteiger partial charge on any atom is -0.453 e. The average molecular weight is 349 g/mol. The summed E-state index contributed by atoms with van der Waals surface area (Å²) in [7, 11) is 1.25. The first-order chi connectivity index (χ1) is 9.51. The summed E-state index contributed by atoms with van der Waals surface area (Å²) in [5, 5.41) is 2.46. The first-order valence-corrected chi connectivity index (χ1v) is 6.82. The lowest BCUT2D eigenvalue weighted by Gasteiger charge is -2.24. The van der Waals surface area contributed by atoms with Crippen LogP contribution >= 0.6 is 15.9 Å². The molecular formula is C12H14BrFN2O4. The standard InChI is InChI=1S/C12H14BrFN2O4/c1-19-11(17)15-5-8-6-16(12(18)20-8)7-2-3-9(13)10(14)4-7/h2-3,7-8H,4-6H2,1H3,(H,15,17)/t7?,8-/m0/s1. The van der Waals surface area contributed by atoms with E-state index in [0.717, 1.165) is 0 Å². The molecule has 0 saturated carbocycles. The number of nitrogens with zero attached hydrogens (tertiary/aromatic N) is 1. The van der Waals surface area contributed by atoms with Crippen molar-refractivity contribution in [3.8, 4) is 0 Å². The van der Waals surface area contributed by atoms with E-state index in [1.807, 2.05) is 0 Å². The maximum Gasteiger partial charge on any atom is 0.410 e. The molecule has 6 nitrogen and oxygen atoms in total. The van der Waals surface area contributed by atoms with Crippen LogP contribution in [0.5, 0.6) is 0 Å². The fourth-order valence-corrected chi connectivity index (χ4v) is 2.35. The minimum atomic E-state index is -0.588. The van der Waals surface area contributed by atoms with Crippen LogP contribution in [0.25, 0.3) is 0 Å². The van der Waals surface area contributed by atoms with Crippen molar-refractivity contribution < 1.29 is 23.5 Å². The average Bonchev–Trinajstić information content (AvgIpc) is 2.80. The Bertz CT molecular complexity index is 480. The predicted molar refractivity (Wildman–Crippen MR) is 72.0 cm³/mol. The van der Waals surface area contributed by atoms with Crippen LogP contribution in [0.4, 0.5) is 14.0 Å². The quantitative estimate of drug-likeness (QED) is 0.847. The molecule has 0 bridgehead atoms. The molecule has 2 atom stereocenters. The van der Waals surface area contributed by atoms with E-state index in [2.05, 4.69) is 26.0 Å². The van der Waals surface area contributed by atoms with Gasteiger partial charge in [-0.25, -0.2) is 14.0 Å². The first kappa shape index (κ1) is 14.8. The molecular weight excluding hydrogens is 335 g/mol. The highest BCUT2D eigenvalue weighted by Crippen LogP contribution is 2.29. The number of nitrogens with one attached hydrogen (secondary N) is 1. The second-order valence-corrected chi connectivity index (χ2v) is 5.27. The number of rotatable bonds is 3. The lowest BCUT2D eigenvalue weighted by molar-refractivity contribution is 0.125. The van der Waals surface area contributed by atoms with Gasteiger partial charge in [-0.1, -0.05) is 6.08 Å². The Morgan fingerprint density at radius 1 is 1.70 bits per heavy atom. The van der Waals surface area contributed by atoms with Crippen LogP contribution in [0.2, 0.25) is 0 Å². The molecule has 2 rings (SSSR count). The second kappa shape index (κ2) is 6.25. The summed E-state index contributed by atoms with van der Waals surface area (Å²) in [4.78, 5) is 24.2. The van der Waals surface area contributed by atoms with Gasteiger partial charge < -0.3 is 14.8 Å². The molecule has 110 valence electrons. The van der Waals surface area contributed by atoms with Gasteiger partial charge in [-0.2, -0.15) is 0 Å². The number of carbonyl (C=O) groups is 2. The highest BCUT2D eigenvalue weighted by atomic mass is 79.9. The summed E-state index contributed by atoms with van der Waals surface area (Å²) in [6.07, 6.45) is 1.87. The number of alkyl carbamates (subject to hydrolysis) is 1. The van der Waals surface area contributed by atoms with Crippen molar-refractivity contribution in [1.82, 2.24) is 10.2 Å². The minimum absolute atomic E-state index is 0.114. The van der Waals surface area contributed by atoms with Crippen molar-refractivity contribution in [1.29, 1.82) is 0 Å². The van der Waals surface area contributed by atoms with Gasteiger partial charge in [0.15, 0.2) is 0 Å². The van der Waals surface area contributed by atoms with Crippen LogP contribution in [-0.2, 0) is 9.47 Å². The largest absolute Gasteiger partial charge is 0.453 e. The van der Waals surface area contributed by atoms with Crippen molar-refractivity contribution in [2.75, 3.05) is 20.2 Å². The number of cyclic esters (lactones) is 1. The van der Waals surface area contributed by atoms with Crippen LogP contribution in [0.1, 0.15) is 6.42 Å². The molecule has 1 aliphatic heterocycles. The van der Waals surface area contributed by atoms with Gasteiger partial charge in [0.25, 0.3) is 0 Å². The van der Waals surface area contributed by atoms with Gasteiger partial charge in [0.1, 0.15) is 11.9 Å². The Balaban J connectivity index is 1.90. The van der Waals surface area contributed by atoms with E-state index in [0.29, 0.717) is 11.0 Å². The van der Waals surface area contributed by atoms with Crippen LogP contribution < -0.4 is 5.32 Å². The summed E-state index contributed by atoms with van der Waals surface area (Å²) in [6, 6.07) is -0.369. The van der Waals surface area contributed by atoms with Crippen molar-refractivity contribution >= 4 is 28.1 Å². The number of carbonyl (C=O) groups excluding carboxylic acids is 2. The third-order valence-electron chi connectivity index (χ3n) is 3.07. The molecule has 1 N–H and O–H groups in total. The Kier molecular flexibility index (Phi) is 4.64. The molecule has 1 heterocycles. The van der Waals surface area contributed by atoms with Crippen LogP contribution in [0.3, 0.4) is 0 Å². The highest BCUT2D eigenvalue weighted by Gasteiger charge is 2.36. The molecule has 2 amide bonds. The zero-order chi connectivity index (χ0) is 14.7. The third-order valence-corrected chi connectivity index (χ3v) is 3.77. The molecule has 1 saturated heterocycles. The molecule has 1 fully saturated rings. The second-order valence-electron chi connectivity index (χ2n) is 4.41. The molecule has 20 heavy (non-hydrogen) atoms. The lowest BCUT2D eigenvalue weighted by atomic mass is 10.1. The summed E-state index contributed by atoms with van der Waals surface area (Å²) in [5.74, 6) is -0.304. The van der Waals surface area contributed by atoms with Crippen LogP contribution in [0, 0.1) is 0 Å². The zero-order valence-corrected chi connectivity index (χ0v) is 12.4. The van der Waals surface area contributed by atoms with Gasteiger partial charge >= 0.3 is 12.2 Å². The van der Waals surface area contributed by atoms with Gasteiger partial charge in [-0.3, -0.25) is 4.90 Å². The smallest absolute Gasteiger partial charge is 0.410 e. The molecule has 0 aromatic rings. The molecule has 1 unspecified atom stereocenters. The normalized spacial score (nSPS) is 25.8. The molecule has 0 spiro atoms. The Hall–Kier alpha value is -1.57. The number of ether oxygens (including phenoxy) is 2. The number of methoxy groups -OCH3 is 1. The Morgan fingerprint density at radius 3 is 3.10 bits per heavy atom. The lowest BCUT2D eigenvalue weighted by Crippen LogP contribution is -2.38. The van der Waals surface area contributed by atoms with E-state index in [9.17, 15) is 14.0 Å². The number of allylic oxidation sites excluding steroid dienone is 2. The first-order valence-electron chi connectivity index (χ1n) is 6.02. The van der Waals surface area contributed by atoms with Crippen LogP contribution in [0.15, 0.2) is 22.5 Å². The maximum atomic E-state index is 13.5.